The number of fused-ring (bicyclic) bond motifs is 2. The average Bonchev–Trinajstić information content (AvgIpc) is 2.63. The van der Waals surface area contributed by atoms with E-state index in [-0.39, 0.29) is 16.8 Å². The number of allylic oxidation sites excluding steroid dienone is 1. The lowest BCUT2D eigenvalue weighted by atomic mass is 9.68. The third-order valence-electron chi connectivity index (χ3n) is 4.57. The number of ether oxygens (including phenoxy) is 1. The van der Waals surface area contributed by atoms with Gasteiger partial charge in [0.25, 0.3) is 0 Å². The van der Waals surface area contributed by atoms with Crippen LogP contribution in [0.15, 0.2) is 11.6 Å². The van der Waals surface area contributed by atoms with Gasteiger partial charge in [-0.3, -0.25) is 0 Å². The van der Waals surface area contributed by atoms with Gasteiger partial charge >= 0.3 is 5.97 Å². The highest BCUT2D eigenvalue weighted by atomic mass is 16.5. The zero-order valence-corrected chi connectivity index (χ0v) is 10.1. The van der Waals surface area contributed by atoms with Gasteiger partial charge < -0.3 is 4.74 Å². The van der Waals surface area contributed by atoms with Crippen molar-refractivity contribution < 1.29 is 9.53 Å². The van der Waals surface area contributed by atoms with Gasteiger partial charge in [0.05, 0.1) is 7.11 Å². The molecule has 2 fully saturated rings. The zero-order chi connectivity index (χ0) is 11.3. The van der Waals surface area contributed by atoms with Crippen LogP contribution in [-0.2, 0) is 9.53 Å². The molecule has 0 spiro atoms. The third kappa shape index (κ3) is 1.42. The Morgan fingerprint density at radius 2 is 2.13 bits per heavy atom. The standard InChI is InChI=1S/C13H20O2/c1-12(2)9-5-6-13(3,8-9)10(12)7-11(14)15-4/h7,9H,5-6,8H2,1-4H3/b10-7-. The van der Waals surface area contributed by atoms with E-state index in [4.69, 9.17) is 4.74 Å². The van der Waals surface area contributed by atoms with Crippen LogP contribution in [0.1, 0.15) is 40.0 Å². The zero-order valence-electron chi connectivity index (χ0n) is 10.1. The van der Waals surface area contributed by atoms with Crippen LogP contribution < -0.4 is 0 Å². The van der Waals surface area contributed by atoms with E-state index in [1.165, 1.54) is 31.9 Å². The van der Waals surface area contributed by atoms with Crippen LogP contribution in [0.25, 0.3) is 0 Å². The molecule has 84 valence electrons. The molecule has 2 heteroatoms. The number of hydrogen-bond acceptors (Lipinski definition) is 2. The first-order valence-corrected chi connectivity index (χ1v) is 5.71. The predicted molar refractivity (Wildman–Crippen MR) is 59.3 cm³/mol. The molecule has 2 aliphatic rings. The fraction of sp³-hybridized carbons (Fsp3) is 0.769. The van der Waals surface area contributed by atoms with Crippen LogP contribution in [0.2, 0.25) is 0 Å². The van der Waals surface area contributed by atoms with E-state index in [2.05, 4.69) is 20.8 Å². The Bertz CT molecular complexity index is 321. The number of methoxy groups -OCH3 is 1. The molecule has 0 aromatic heterocycles. The number of carbonyl (C=O) groups excluding carboxylic acids is 1. The lowest BCUT2D eigenvalue weighted by Crippen LogP contribution is -2.27. The summed E-state index contributed by atoms with van der Waals surface area (Å²) in [7, 11) is 1.45. The molecule has 0 heterocycles. The molecule has 2 bridgehead atoms. The van der Waals surface area contributed by atoms with Gasteiger partial charge in [-0.05, 0) is 36.0 Å². The monoisotopic (exact) mass is 208 g/mol. The second kappa shape index (κ2) is 3.10. The molecule has 2 unspecified atom stereocenters. The lowest BCUT2D eigenvalue weighted by molar-refractivity contribution is -0.135. The molecule has 0 aromatic rings. The quantitative estimate of drug-likeness (QED) is 0.489. The van der Waals surface area contributed by atoms with E-state index in [1.54, 1.807) is 6.08 Å². The Morgan fingerprint density at radius 1 is 1.47 bits per heavy atom. The van der Waals surface area contributed by atoms with Crippen molar-refractivity contribution in [3.63, 3.8) is 0 Å². The van der Waals surface area contributed by atoms with Crippen LogP contribution >= 0.6 is 0 Å². The molecule has 0 amide bonds. The summed E-state index contributed by atoms with van der Waals surface area (Å²) in [6.07, 6.45) is 5.51. The molecule has 0 saturated heterocycles. The van der Waals surface area contributed by atoms with Crippen molar-refractivity contribution in [3.8, 4) is 0 Å². The van der Waals surface area contributed by atoms with Crippen molar-refractivity contribution in [1.82, 2.24) is 0 Å². The normalized spacial score (nSPS) is 39.7. The van der Waals surface area contributed by atoms with Gasteiger partial charge in [-0.2, -0.15) is 0 Å². The molecule has 0 radical (unpaired) electrons. The molecule has 2 aliphatic carbocycles. The third-order valence-corrected chi connectivity index (χ3v) is 4.57. The summed E-state index contributed by atoms with van der Waals surface area (Å²) in [6.45, 7) is 6.81. The highest BCUT2D eigenvalue weighted by Gasteiger charge is 2.55. The van der Waals surface area contributed by atoms with Gasteiger partial charge in [0.1, 0.15) is 0 Å². The second-order valence-electron chi connectivity index (χ2n) is 5.80. The van der Waals surface area contributed by atoms with E-state index in [0.29, 0.717) is 0 Å². The van der Waals surface area contributed by atoms with Crippen LogP contribution in [0.5, 0.6) is 0 Å². The Balaban J connectivity index is 2.38. The molecule has 2 atom stereocenters. The Labute approximate surface area is 91.7 Å². The summed E-state index contributed by atoms with van der Waals surface area (Å²) in [4.78, 5) is 11.4. The smallest absolute Gasteiger partial charge is 0.330 e. The van der Waals surface area contributed by atoms with Crippen molar-refractivity contribution >= 4 is 5.97 Å². The maximum atomic E-state index is 11.4. The van der Waals surface area contributed by atoms with Crippen molar-refractivity contribution in [3.05, 3.63) is 11.6 Å². The number of carbonyl (C=O) groups is 1. The van der Waals surface area contributed by atoms with E-state index >= 15 is 0 Å². The summed E-state index contributed by atoms with van der Waals surface area (Å²) in [5.74, 6) is 0.547. The minimum atomic E-state index is -0.202. The SMILES string of the molecule is COC(=O)/C=C1\C2(C)CCC(C2)C1(C)C. The van der Waals surface area contributed by atoms with Crippen molar-refractivity contribution in [2.75, 3.05) is 7.11 Å². The van der Waals surface area contributed by atoms with Gasteiger partial charge in [-0.1, -0.05) is 26.3 Å². The van der Waals surface area contributed by atoms with Crippen LogP contribution in [0.3, 0.4) is 0 Å². The fourth-order valence-electron chi connectivity index (χ4n) is 3.64. The summed E-state index contributed by atoms with van der Waals surface area (Å²) < 4.78 is 4.74. The van der Waals surface area contributed by atoms with Crippen molar-refractivity contribution in [2.45, 2.75) is 40.0 Å². The van der Waals surface area contributed by atoms with Gasteiger partial charge in [0, 0.05) is 6.08 Å². The number of esters is 1. The number of hydrogen-bond donors (Lipinski definition) is 0. The van der Waals surface area contributed by atoms with E-state index in [1.807, 2.05) is 0 Å². The fourth-order valence-corrected chi connectivity index (χ4v) is 3.64. The molecular formula is C13H20O2. The van der Waals surface area contributed by atoms with E-state index < -0.39 is 0 Å². The van der Waals surface area contributed by atoms with Gasteiger partial charge in [0.15, 0.2) is 0 Å². The van der Waals surface area contributed by atoms with E-state index in [9.17, 15) is 4.79 Å². The van der Waals surface area contributed by atoms with E-state index in [0.717, 1.165) is 5.92 Å². The van der Waals surface area contributed by atoms with Crippen molar-refractivity contribution in [2.24, 2.45) is 16.7 Å². The van der Waals surface area contributed by atoms with Crippen LogP contribution in [-0.4, -0.2) is 13.1 Å². The molecule has 0 aromatic carbocycles. The Morgan fingerprint density at radius 3 is 2.60 bits per heavy atom. The molecule has 2 nitrogen and oxygen atoms in total. The first-order valence-electron chi connectivity index (χ1n) is 5.71. The highest BCUT2D eigenvalue weighted by Crippen LogP contribution is 2.65. The lowest BCUT2D eigenvalue weighted by Gasteiger charge is -2.36. The minimum absolute atomic E-state index is 0.182. The largest absolute Gasteiger partial charge is 0.466 e. The number of rotatable bonds is 1. The Hall–Kier alpha value is -0.790. The maximum absolute atomic E-state index is 11.4. The molecule has 2 rings (SSSR count). The average molecular weight is 208 g/mol. The van der Waals surface area contributed by atoms with Crippen LogP contribution in [0, 0.1) is 16.7 Å². The summed E-state index contributed by atoms with van der Waals surface area (Å²) in [5, 5.41) is 0. The minimum Gasteiger partial charge on any atom is -0.466 e. The molecular weight excluding hydrogens is 188 g/mol. The van der Waals surface area contributed by atoms with Gasteiger partial charge in [0.2, 0.25) is 0 Å². The topological polar surface area (TPSA) is 26.3 Å². The van der Waals surface area contributed by atoms with Gasteiger partial charge in [-0.15, -0.1) is 0 Å². The highest BCUT2D eigenvalue weighted by molar-refractivity contribution is 5.83. The Kier molecular flexibility index (Phi) is 2.21. The summed E-state index contributed by atoms with van der Waals surface area (Å²) >= 11 is 0. The van der Waals surface area contributed by atoms with Crippen molar-refractivity contribution in [1.29, 1.82) is 0 Å². The first-order chi connectivity index (χ1) is 6.90. The summed E-state index contributed by atoms with van der Waals surface area (Å²) in [5.41, 5.74) is 1.74. The van der Waals surface area contributed by atoms with Crippen LogP contribution in [0.4, 0.5) is 0 Å². The summed E-state index contributed by atoms with van der Waals surface area (Å²) in [6, 6.07) is 0. The second-order valence-corrected chi connectivity index (χ2v) is 5.80. The molecule has 0 N–H and O–H groups in total. The maximum Gasteiger partial charge on any atom is 0.330 e. The van der Waals surface area contributed by atoms with Gasteiger partial charge in [-0.25, -0.2) is 4.79 Å². The first kappa shape index (κ1) is 10.7. The molecule has 0 aliphatic heterocycles. The predicted octanol–water partition coefficient (Wildman–Crippen LogP) is 2.93. The molecule has 2 saturated carbocycles. The molecule has 15 heavy (non-hydrogen) atoms.